The Morgan fingerprint density at radius 2 is 2.16 bits per heavy atom. The van der Waals surface area contributed by atoms with Gasteiger partial charge in [-0.25, -0.2) is 19.5 Å². The monoisotopic (exact) mass is 375 g/mol. The number of aromatic nitrogens is 4. The van der Waals surface area contributed by atoms with Gasteiger partial charge in [-0.15, -0.1) is 0 Å². The van der Waals surface area contributed by atoms with Gasteiger partial charge in [0.15, 0.2) is 17.7 Å². The van der Waals surface area contributed by atoms with Crippen molar-refractivity contribution >= 4 is 24.8 Å². The minimum absolute atomic E-state index is 0.180. The standard InChI is InChI=1S/C12H18N5O7P/c1-2-22-9-6(3-23-25(19,20)21)24-12(8(9)18)17-5-16-7-10(13)14-4-15-11(7)17/h4-6,8-9,12,18H,2-3H2,1H3,(H2,13,14,15)(H2,19,20,21). The normalized spacial score (nSPS) is 27.2. The largest absolute Gasteiger partial charge is 0.469 e. The Hall–Kier alpha value is -1.66. The van der Waals surface area contributed by atoms with Crippen molar-refractivity contribution in [2.75, 3.05) is 18.9 Å². The maximum absolute atomic E-state index is 10.9. The number of hydrogen-bond acceptors (Lipinski definition) is 9. The number of rotatable bonds is 6. The lowest BCUT2D eigenvalue weighted by molar-refractivity contribution is -0.0574. The van der Waals surface area contributed by atoms with Gasteiger partial charge in [-0.2, -0.15) is 0 Å². The number of hydrogen-bond donors (Lipinski definition) is 4. The molecule has 1 aliphatic rings. The van der Waals surface area contributed by atoms with E-state index in [2.05, 4.69) is 19.5 Å². The molecule has 12 nitrogen and oxygen atoms in total. The number of imidazole rings is 1. The summed E-state index contributed by atoms with van der Waals surface area (Å²) in [6.07, 6.45) is -1.19. The Labute approximate surface area is 141 Å². The minimum atomic E-state index is -4.68. The van der Waals surface area contributed by atoms with Gasteiger partial charge in [0.25, 0.3) is 0 Å². The molecule has 0 aromatic carbocycles. The van der Waals surface area contributed by atoms with Crippen molar-refractivity contribution < 1.29 is 33.5 Å². The van der Waals surface area contributed by atoms with Crippen LogP contribution in [0.3, 0.4) is 0 Å². The summed E-state index contributed by atoms with van der Waals surface area (Å²) in [6.45, 7) is 1.54. The van der Waals surface area contributed by atoms with Gasteiger partial charge in [0.1, 0.15) is 30.2 Å². The van der Waals surface area contributed by atoms with E-state index in [0.29, 0.717) is 11.2 Å². The third-order valence-corrected chi connectivity index (χ3v) is 4.22. The Morgan fingerprint density at radius 3 is 2.84 bits per heavy atom. The Morgan fingerprint density at radius 1 is 1.40 bits per heavy atom. The molecule has 25 heavy (non-hydrogen) atoms. The van der Waals surface area contributed by atoms with Crippen molar-refractivity contribution in [3.8, 4) is 0 Å². The highest BCUT2D eigenvalue weighted by molar-refractivity contribution is 7.46. The summed E-state index contributed by atoms with van der Waals surface area (Å²) in [4.78, 5) is 29.8. The van der Waals surface area contributed by atoms with Gasteiger partial charge in [-0.3, -0.25) is 9.09 Å². The number of anilines is 1. The van der Waals surface area contributed by atoms with Crippen LogP contribution in [-0.2, 0) is 18.6 Å². The van der Waals surface area contributed by atoms with E-state index in [4.69, 9.17) is 25.0 Å². The molecule has 138 valence electrons. The van der Waals surface area contributed by atoms with E-state index in [0.717, 1.165) is 0 Å². The first kappa shape index (κ1) is 18.1. The molecule has 13 heteroatoms. The van der Waals surface area contributed by atoms with Gasteiger partial charge < -0.3 is 30.1 Å². The van der Waals surface area contributed by atoms with Crippen LogP contribution in [0.4, 0.5) is 5.82 Å². The van der Waals surface area contributed by atoms with E-state index in [-0.39, 0.29) is 12.4 Å². The third-order valence-electron chi connectivity index (χ3n) is 3.74. The number of aliphatic hydroxyl groups is 1. The molecule has 0 spiro atoms. The fourth-order valence-electron chi connectivity index (χ4n) is 2.71. The molecule has 4 unspecified atom stereocenters. The predicted molar refractivity (Wildman–Crippen MR) is 83.1 cm³/mol. The van der Waals surface area contributed by atoms with Gasteiger partial charge in [0, 0.05) is 6.61 Å². The molecule has 2 aromatic rings. The van der Waals surface area contributed by atoms with Crippen molar-refractivity contribution in [1.82, 2.24) is 19.5 Å². The van der Waals surface area contributed by atoms with E-state index in [1.165, 1.54) is 17.2 Å². The zero-order chi connectivity index (χ0) is 18.2. The lowest BCUT2D eigenvalue weighted by Gasteiger charge is -2.20. The van der Waals surface area contributed by atoms with Crippen LogP contribution >= 0.6 is 7.82 Å². The first-order valence-corrected chi connectivity index (χ1v) is 8.93. The van der Waals surface area contributed by atoms with E-state index in [1.54, 1.807) is 6.92 Å². The molecular weight excluding hydrogens is 357 g/mol. The zero-order valence-corrected chi connectivity index (χ0v) is 14.1. The predicted octanol–water partition coefficient (Wildman–Crippen LogP) is -0.819. The summed E-state index contributed by atoms with van der Waals surface area (Å²) in [5.74, 6) is 0.180. The van der Waals surface area contributed by atoms with Crippen LogP contribution in [-0.4, -0.2) is 65.9 Å². The number of ether oxygens (including phenoxy) is 2. The number of fused-ring (bicyclic) bond motifs is 1. The van der Waals surface area contributed by atoms with Crippen molar-refractivity contribution in [2.45, 2.75) is 31.5 Å². The summed E-state index contributed by atoms with van der Waals surface area (Å²) in [6, 6.07) is 0. The van der Waals surface area contributed by atoms with Crippen molar-refractivity contribution in [1.29, 1.82) is 0 Å². The number of nitrogens with two attached hydrogens (primary N) is 1. The fourth-order valence-corrected chi connectivity index (χ4v) is 3.05. The molecule has 1 aliphatic heterocycles. The van der Waals surface area contributed by atoms with Gasteiger partial charge in [0.05, 0.1) is 12.9 Å². The highest BCUT2D eigenvalue weighted by atomic mass is 31.2. The summed E-state index contributed by atoms with van der Waals surface area (Å²) in [7, 11) is -4.68. The summed E-state index contributed by atoms with van der Waals surface area (Å²) in [5, 5.41) is 10.6. The Kier molecular flexibility index (Phi) is 5.02. The molecule has 3 heterocycles. The average Bonchev–Trinajstić information content (AvgIpc) is 3.09. The molecule has 0 aliphatic carbocycles. The molecular formula is C12H18N5O7P. The van der Waals surface area contributed by atoms with E-state index in [1.807, 2.05) is 0 Å². The molecule has 0 bridgehead atoms. The molecule has 0 radical (unpaired) electrons. The minimum Gasteiger partial charge on any atom is -0.386 e. The van der Waals surface area contributed by atoms with E-state index < -0.39 is 39.0 Å². The lowest BCUT2D eigenvalue weighted by Crippen LogP contribution is -2.36. The number of nitrogen functional groups attached to an aromatic ring is 1. The smallest absolute Gasteiger partial charge is 0.386 e. The number of aliphatic hydroxyl groups excluding tert-OH is 1. The van der Waals surface area contributed by atoms with Crippen LogP contribution in [0.2, 0.25) is 0 Å². The van der Waals surface area contributed by atoms with Crippen LogP contribution < -0.4 is 5.73 Å². The SMILES string of the molecule is CCOC1C(COP(=O)(O)O)OC(n2cnc3c(N)ncnc32)C1O. The maximum atomic E-state index is 10.9. The first-order chi connectivity index (χ1) is 11.8. The van der Waals surface area contributed by atoms with Crippen molar-refractivity contribution in [3.05, 3.63) is 12.7 Å². The van der Waals surface area contributed by atoms with Gasteiger partial charge in [-0.1, -0.05) is 0 Å². The molecule has 2 aromatic heterocycles. The first-order valence-electron chi connectivity index (χ1n) is 7.40. The average molecular weight is 375 g/mol. The molecule has 1 fully saturated rings. The van der Waals surface area contributed by atoms with Crippen LogP contribution in [0.1, 0.15) is 13.2 Å². The van der Waals surface area contributed by atoms with Gasteiger partial charge in [-0.05, 0) is 6.92 Å². The highest BCUT2D eigenvalue weighted by Crippen LogP contribution is 2.39. The Balaban J connectivity index is 1.88. The molecule has 4 atom stereocenters. The number of phosphoric acid groups is 1. The van der Waals surface area contributed by atoms with Crippen LogP contribution in [0.15, 0.2) is 12.7 Å². The summed E-state index contributed by atoms with van der Waals surface area (Å²) >= 11 is 0. The lowest BCUT2D eigenvalue weighted by atomic mass is 10.1. The molecule has 5 N–H and O–H groups in total. The maximum Gasteiger partial charge on any atom is 0.469 e. The topological polar surface area (TPSA) is 175 Å². The van der Waals surface area contributed by atoms with Gasteiger partial charge >= 0.3 is 7.82 Å². The van der Waals surface area contributed by atoms with E-state index in [9.17, 15) is 9.67 Å². The third kappa shape index (κ3) is 3.65. The second kappa shape index (κ2) is 6.92. The highest BCUT2D eigenvalue weighted by Gasteiger charge is 2.46. The number of phosphoric ester groups is 1. The second-order valence-corrected chi connectivity index (χ2v) is 6.58. The van der Waals surface area contributed by atoms with Crippen LogP contribution in [0.5, 0.6) is 0 Å². The second-order valence-electron chi connectivity index (χ2n) is 5.34. The van der Waals surface area contributed by atoms with Crippen molar-refractivity contribution in [2.24, 2.45) is 0 Å². The quantitative estimate of drug-likeness (QED) is 0.464. The van der Waals surface area contributed by atoms with Crippen LogP contribution in [0.25, 0.3) is 11.2 Å². The summed E-state index contributed by atoms with van der Waals surface area (Å²) < 4.78 is 28.0. The number of nitrogens with zero attached hydrogens (tertiary/aromatic N) is 4. The van der Waals surface area contributed by atoms with E-state index >= 15 is 0 Å². The molecule has 0 saturated carbocycles. The van der Waals surface area contributed by atoms with Crippen molar-refractivity contribution in [3.63, 3.8) is 0 Å². The van der Waals surface area contributed by atoms with Gasteiger partial charge in [0.2, 0.25) is 0 Å². The summed E-state index contributed by atoms with van der Waals surface area (Å²) in [5.41, 5.74) is 6.44. The molecule has 1 saturated heterocycles. The fraction of sp³-hybridized carbons (Fsp3) is 0.583. The van der Waals surface area contributed by atoms with Crippen LogP contribution in [0, 0.1) is 0 Å². The Bertz CT molecular complexity index is 795. The molecule has 0 amide bonds. The zero-order valence-electron chi connectivity index (χ0n) is 13.2. The molecule has 3 rings (SSSR count).